The number of hydrogen-bond donors (Lipinski definition) is 0. The van der Waals surface area contributed by atoms with Crippen molar-refractivity contribution in [3.8, 4) is 11.4 Å². The molecule has 1 fully saturated rings. The maximum absolute atomic E-state index is 12.8. The Kier molecular flexibility index (Phi) is 4.04. The van der Waals surface area contributed by atoms with E-state index in [0.717, 1.165) is 16.0 Å². The summed E-state index contributed by atoms with van der Waals surface area (Å²) >= 11 is 1.53. The van der Waals surface area contributed by atoms with Crippen LogP contribution in [-0.2, 0) is 11.3 Å². The van der Waals surface area contributed by atoms with Gasteiger partial charge >= 0.3 is 6.03 Å². The van der Waals surface area contributed by atoms with Crippen LogP contribution in [0.15, 0.2) is 45.6 Å². The number of imide groups is 1. The minimum absolute atomic E-state index is 0.0402. The van der Waals surface area contributed by atoms with E-state index in [9.17, 15) is 9.59 Å². The fourth-order valence-electron chi connectivity index (χ4n) is 2.87. The van der Waals surface area contributed by atoms with Gasteiger partial charge in [-0.3, -0.25) is 14.6 Å². The molecule has 7 nitrogen and oxygen atoms in total. The summed E-state index contributed by atoms with van der Waals surface area (Å²) in [6, 6.07) is 8.41. The maximum Gasteiger partial charge on any atom is 0.332 e. The zero-order chi connectivity index (χ0) is 18.3. The zero-order valence-electron chi connectivity index (χ0n) is 14.2. The van der Waals surface area contributed by atoms with E-state index in [4.69, 9.17) is 4.52 Å². The van der Waals surface area contributed by atoms with Crippen molar-refractivity contribution in [1.82, 2.24) is 15.0 Å². The van der Waals surface area contributed by atoms with Crippen LogP contribution < -0.4 is 4.90 Å². The van der Waals surface area contributed by atoms with Crippen molar-refractivity contribution in [2.75, 3.05) is 4.90 Å². The van der Waals surface area contributed by atoms with E-state index in [0.29, 0.717) is 11.5 Å². The standard InChI is InChI=1S/C18H16N4O3S/c1-11-3-5-14(6-4-11)22-12(2)17(23)21(18(22)24)9-15-19-16(20-25-15)13-7-8-26-10-13/h3-8,10,12H,9H2,1-2H3. The van der Waals surface area contributed by atoms with Crippen molar-refractivity contribution in [3.05, 3.63) is 52.5 Å². The van der Waals surface area contributed by atoms with Gasteiger partial charge in [-0.15, -0.1) is 0 Å². The molecule has 0 N–H and O–H groups in total. The van der Waals surface area contributed by atoms with Crippen molar-refractivity contribution in [1.29, 1.82) is 0 Å². The van der Waals surface area contributed by atoms with Crippen LogP contribution in [0.3, 0.4) is 0 Å². The number of hydrogen-bond acceptors (Lipinski definition) is 6. The molecule has 0 spiro atoms. The number of anilines is 1. The molecule has 132 valence electrons. The highest BCUT2D eigenvalue weighted by Crippen LogP contribution is 2.27. The molecule has 0 bridgehead atoms. The Morgan fingerprint density at radius 3 is 2.65 bits per heavy atom. The van der Waals surface area contributed by atoms with E-state index >= 15 is 0 Å². The predicted octanol–water partition coefficient (Wildman–Crippen LogP) is 3.46. The minimum atomic E-state index is -0.579. The number of aromatic nitrogens is 2. The average Bonchev–Trinajstić information content (AvgIpc) is 3.35. The second kappa shape index (κ2) is 6.38. The van der Waals surface area contributed by atoms with Gasteiger partial charge in [0.25, 0.3) is 5.91 Å². The number of benzene rings is 1. The van der Waals surface area contributed by atoms with Crippen LogP contribution >= 0.6 is 11.3 Å². The monoisotopic (exact) mass is 368 g/mol. The maximum atomic E-state index is 12.8. The quantitative estimate of drug-likeness (QED) is 0.659. The number of rotatable bonds is 4. The van der Waals surface area contributed by atoms with Gasteiger partial charge in [-0.2, -0.15) is 16.3 Å². The van der Waals surface area contributed by atoms with Crippen LogP contribution in [0, 0.1) is 6.92 Å². The molecule has 1 aliphatic heterocycles. The lowest BCUT2D eigenvalue weighted by molar-refractivity contribution is -0.127. The highest BCUT2D eigenvalue weighted by molar-refractivity contribution is 7.08. The molecule has 0 saturated carbocycles. The van der Waals surface area contributed by atoms with Gasteiger partial charge in [0.05, 0.1) is 0 Å². The van der Waals surface area contributed by atoms with E-state index in [1.165, 1.54) is 16.2 Å². The normalized spacial score (nSPS) is 17.4. The van der Waals surface area contributed by atoms with Crippen molar-refractivity contribution in [2.45, 2.75) is 26.4 Å². The van der Waals surface area contributed by atoms with Crippen molar-refractivity contribution < 1.29 is 14.1 Å². The molecule has 1 atom stereocenters. The van der Waals surface area contributed by atoms with Gasteiger partial charge in [-0.05, 0) is 37.4 Å². The summed E-state index contributed by atoms with van der Waals surface area (Å²) in [6.45, 7) is 3.64. The van der Waals surface area contributed by atoms with E-state index in [1.54, 1.807) is 6.92 Å². The Hall–Kier alpha value is -3.00. The van der Waals surface area contributed by atoms with Gasteiger partial charge in [0, 0.05) is 16.6 Å². The highest BCUT2D eigenvalue weighted by atomic mass is 32.1. The number of amides is 3. The number of urea groups is 1. The third-order valence-corrected chi connectivity index (χ3v) is 4.98. The Morgan fingerprint density at radius 2 is 1.96 bits per heavy atom. The fourth-order valence-corrected chi connectivity index (χ4v) is 3.51. The summed E-state index contributed by atoms with van der Waals surface area (Å²) in [5.74, 6) is 0.389. The molecule has 1 aliphatic rings. The predicted molar refractivity (Wildman–Crippen MR) is 96.7 cm³/mol. The molecule has 3 heterocycles. The minimum Gasteiger partial charge on any atom is -0.337 e. The number of carbonyl (C=O) groups excluding carboxylic acids is 2. The summed E-state index contributed by atoms with van der Waals surface area (Å²) in [5, 5.41) is 7.74. The molecule has 2 aromatic heterocycles. The van der Waals surface area contributed by atoms with E-state index in [2.05, 4.69) is 10.1 Å². The SMILES string of the molecule is Cc1ccc(N2C(=O)N(Cc3nc(-c4ccsc4)no3)C(=O)C2C)cc1. The molecule has 4 rings (SSSR count). The molecule has 8 heteroatoms. The van der Waals surface area contributed by atoms with Gasteiger partial charge in [-0.25, -0.2) is 4.79 Å². The first kappa shape index (κ1) is 16.5. The first-order valence-corrected chi connectivity index (χ1v) is 9.05. The lowest BCUT2D eigenvalue weighted by atomic mass is 10.2. The summed E-state index contributed by atoms with van der Waals surface area (Å²) in [7, 11) is 0. The van der Waals surface area contributed by atoms with E-state index in [-0.39, 0.29) is 24.4 Å². The summed E-state index contributed by atoms with van der Waals surface area (Å²) in [4.78, 5) is 32.3. The van der Waals surface area contributed by atoms with Gasteiger partial charge in [-0.1, -0.05) is 22.9 Å². The Bertz CT molecular complexity index is 949. The molecule has 3 amide bonds. The number of carbonyl (C=O) groups is 2. The van der Waals surface area contributed by atoms with Gasteiger partial charge in [0.1, 0.15) is 12.6 Å². The second-order valence-corrected chi connectivity index (χ2v) is 6.89. The lowest BCUT2D eigenvalue weighted by Gasteiger charge is -2.19. The summed E-state index contributed by atoms with van der Waals surface area (Å²) < 4.78 is 5.22. The second-order valence-electron chi connectivity index (χ2n) is 6.11. The fraction of sp³-hybridized carbons (Fsp3) is 0.222. The summed E-state index contributed by atoms with van der Waals surface area (Å²) in [6.07, 6.45) is 0. The van der Waals surface area contributed by atoms with Crippen LogP contribution in [-0.4, -0.2) is 33.0 Å². The largest absolute Gasteiger partial charge is 0.337 e. The highest BCUT2D eigenvalue weighted by Gasteiger charge is 2.44. The lowest BCUT2D eigenvalue weighted by Crippen LogP contribution is -2.33. The summed E-state index contributed by atoms with van der Waals surface area (Å²) in [5.41, 5.74) is 2.62. The van der Waals surface area contributed by atoms with Crippen molar-refractivity contribution in [2.24, 2.45) is 0 Å². The van der Waals surface area contributed by atoms with Gasteiger partial charge in [0.2, 0.25) is 11.7 Å². The Labute approximate surface area is 153 Å². The first-order valence-electron chi connectivity index (χ1n) is 8.11. The molecular formula is C18H16N4O3S. The van der Waals surface area contributed by atoms with Crippen molar-refractivity contribution in [3.63, 3.8) is 0 Å². The van der Waals surface area contributed by atoms with Crippen LogP contribution in [0.2, 0.25) is 0 Å². The van der Waals surface area contributed by atoms with Gasteiger partial charge < -0.3 is 4.52 Å². The van der Waals surface area contributed by atoms with Crippen LogP contribution in [0.1, 0.15) is 18.4 Å². The third kappa shape index (κ3) is 2.78. The first-order chi connectivity index (χ1) is 12.5. The van der Waals surface area contributed by atoms with Gasteiger partial charge in [0.15, 0.2) is 0 Å². The third-order valence-electron chi connectivity index (χ3n) is 4.30. The molecule has 1 aromatic carbocycles. The van der Waals surface area contributed by atoms with Crippen LogP contribution in [0.25, 0.3) is 11.4 Å². The Balaban J connectivity index is 1.56. The van der Waals surface area contributed by atoms with Crippen LogP contribution in [0.4, 0.5) is 10.5 Å². The number of thiophene rings is 1. The smallest absolute Gasteiger partial charge is 0.332 e. The Morgan fingerprint density at radius 1 is 1.19 bits per heavy atom. The topological polar surface area (TPSA) is 79.5 Å². The van der Waals surface area contributed by atoms with Crippen molar-refractivity contribution >= 4 is 29.0 Å². The number of aryl methyl sites for hydroxylation is 1. The van der Waals surface area contributed by atoms with E-state index < -0.39 is 6.04 Å². The molecule has 0 aliphatic carbocycles. The molecule has 0 radical (unpaired) electrons. The molecule has 26 heavy (non-hydrogen) atoms. The van der Waals surface area contributed by atoms with Crippen LogP contribution in [0.5, 0.6) is 0 Å². The zero-order valence-corrected chi connectivity index (χ0v) is 15.1. The molecule has 1 saturated heterocycles. The average molecular weight is 368 g/mol. The molecule has 1 unspecified atom stereocenters. The number of nitrogens with zero attached hydrogens (tertiary/aromatic N) is 4. The van der Waals surface area contributed by atoms with E-state index in [1.807, 2.05) is 48.0 Å². The molecular weight excluding hydrogens is 352 g/mol. The molecule has 3 aromatic rings.